The Labute approximate surface area is 146 Å². The third-order valence-corrected chi connectivity index (χ3v) is 4.96. The summed E-state index contributed by atoms with van der Waals surface area (Å²) in [5.41, 5.74) is 7.93. The number of amides is 1. The van der Waals surface area contributed by atoms with Gasteiger partial charge in [0, 0.05) is 18.5 Å². The van der Waals surface area contributed by atoms with Gasteiger partial charge in [-0.25, -0.2) is 4.98 Å². The van der Waals surface area contributed by atoms with E-state index in [0.717, 1.165) is 36.8 Å². The van der Waals surface area contributed by atoms with E-state index in [1.54, 1.807) is 6.26 Å². The molecule has 1 fully saturated rings. The van der Waals surface area contributed by atoms with Crippen molar-refractivity contribution in [1.29, 1.82) is 0 Å². The summed E-state index contributed by atoms with van der Waals surface area (Å²) in [7, 11) is 0. The number of piperidine rings is 1. The lowest BCUT2D eigenvalue weighted by molar-refractivity contribution is 0.0695. The molecule has 0 bridgehead atoms. The van der Waals surface area contributed by atoms with Crippen molar-refractivity contribution in [1.82, 2.24) is 9.88 Å². The lowest BCUT2D eigenvalue weighted by Gasteiger charge is -2.31. The normalized spacial score (nSPS) is 15.6. The van der Waals surface area contributed by atoms with Crippen molar-refractivity contribution in [2.45, 2.75) is 12.8 Å². The molecular weight excluding hydrogens is 314 g/mol. The molecule has 2 N–H and O–H groups in total. The van der Waals surface area contributed by atoms with Gasteiger partial charge in [-0.2, -0.15) is 0 Å². The molecule has 1 saturated heterocycles. The Morgan fingerprint density at radius 1 is 1.20 bits per heavy atom. The van der Waals surface area contributed by atoms with Crippen LogP contribution in [0.25, 0.3) is 22.4 Å². The van der Waals surface area contributed by atoms with Crippen molar-refractivity contribution < 1.29 is 9.21 Å². The summed E-state index contributed by atoms with van der Waals surface area (Å²) in [4.78, 5) is 19.7. The largest absolute Gasteiger partial charge is 0.463 e. The Kier molecular flexibility index (Phi) is 4.24. The Bertz CT molecular complexity index is 881. The molecule has 0 saturated carbocycles. The molecule has 0 atom stereocenters. The number of para-hydroxylation sites is 1. The van der Waals surface area contributed by atoms with E-state index in [1.165, 1.54) is 0 Å². The number of benzene rings is 1. The van der Waals surface area contributed by atoms with Crippen molar-refractivity contribution in [2.75, 3.05) is 19.6 Å². The quantitative estimate of drug-likeness (QED) is 0.797. The topological polar surface area (TPSA) is 72.4 Å². The smallest absolute Gasteiger partial charge is 0.254 e. The molecule has 3 aromatic rings. The Balaban J connectivity index is 1.74. The second-order valence-corrected chi connectivity index (χ2v) is 6.52. The molecule has 1 aliphatic rings. The summed E-state index contributed by atoms with van der Waals surface area (Å²) in [6.07, 6.45) is 3.55. The monoisotopic (exact) mass is 335 g/mol. The van der Waals surface area contributed by atoms with Crippen LogP contribution in [0.2, 0.25) is 0 Å². The first kappa shape index (κ1) is 15.8. The van der Waals surface area contributed by atoms with Gasteiger partial charge < -0.3 is 15.1 Å². The van der Waals surface area contributed by atoms with Gasteiger partial charge in [0.05, 0.1) is 17.3 Å². The van der Waals surface area contributed by atoms with Gasteiger partial charge >= 0.3 is 0 Å². The van der Waals surface area contributed by atoms with E-state index in [9.17, 15) is 4.79 Å². The molecule has 25 heavy (non-hydrogen) atoms. The van der Waals surface area contributed by atoms with Crippen LogP contribution in [-0.2, 0) is 0 Å². The van der Waals surface area contributed by atoms with Crippen LogP contribution in [0.1, 0.15) is 23.2 Å². The summed E-state index contributed by atoms with van der Waals surface area (Å²) in [6, 6.07) is 13.3. The third kappa shape index (κ3) is 3.03. The number of furan rings is 1. The average molecular weight is 335 g/mol. The molecule has 1 amide bonds. The minimum absolute atomic E-state index is 0.0573. The van der Waals surface area contributed by atoms with E-state index in [-0.39, 0.29) is 5.91 Å². The number of carbonyl (C=O) groups excluding carboxylic acids is 1. The number of nitrogens with two attached hydrogens (primary N) is 1. The first-order valence-electron chi connectivity index (χ1n) is 8.69. The second kappa shape index (κ2) is 6.69. The van der Waals surface area contributed by atoms with Gasteiger partial charge in [-0.3, -0.25) is 4.79 Å². The van der Waals surface area contributed by atoms with Crippen molar-refractivity contribution in [3.63, 3.8) is 0 Å². The maximum atomic E-state index is 13.2. The van der Waals surface area contributed by atoms with Crippen molar-refractivity contribution in [3.8, 4) is 11.5 Å². The fraction of sp³-hybridized carbons (Fsp3) is 0.300. The minimum Gasteiger partial charge on any atom is -0.463 e. The molecule has 0 unspecified atom stereocenters. The summed E-state index contributed by atoms with van der Waals surface area (Å²) in [5, 5.41) is 0.878. The van der Waals surface area contributed by atoms with E-state index in [2.05, 4.69) is 4.98 Å². The number of aromatic nitrogens is 1. The number of pyridine rings is 1. The Morgan fingerprint density at radius 3 is 2.72 bits per heavy atom. The lowest BCUT2D eigenvalue weighted by Crippen LogP contribution is -2.40. The Morgan fingerprint density at radius 2 is 2.00 bits per heavy atom. The molecule has 0 spiro atoms. The Hall–Kier alpha value is -2.66. The maximum Gasteiger partial charge on any atom is 0.254 e. The zero-order chi connectivity index (χ0) is 17.2. The van der Waals surface area contributed by atoms with Crippen LogP contribution in [0.4, 0.5) is 0 Å². The molecule has 5 nitrogen and oxygen atoms in total. The molecule has 1 aliphatic heterocycles. The predicted octanol–water partition coefficient (Wildman–Crippen LogP) is 3.31. The SMILES string of the molecule is NCC1CCN(C(=O)c2cc(-c3ccco3)nc3ccccc23)CC1. The third-order valence-electron chi connectivity index (χ3n) is 4.96. The van der Waals surface area contributed by atoms with Crippen LogP contribution in [0.15, 0.2) is 53.1 Å². The lowest BCUT2D eigenvalue weighted by atomic mass is 9.96. The van der Waals surface area contributed by atoms with Crippen LogP contribution in [0.3, 0.4) is 0 Å². The van der Waals surface area contributed by atoms with Crippen LogP contribution >= 0.6 is 0 Å². The van der Waals surface area contributed by atoms with Crippen LogP contribution in [0, 0.1) is 5.92 Å². The van der Waals surface area contributed by atoms with Gasteiger partial charge in [0.15, 0.2) is 5.76 Å². The van der Waals surface area contributed by atoms with Gasteiger partial charge in [0.25, 0.3) is 5.91 Å². The molecule has 1 aromatic carbocycles. The molecule has 2 aromatic heterocycles. The number of rotatable bonds is 3. The molecule has 0 aliphatic carbocycles. The van der Waals surface area contributed by atoms with E-state index < -0.39 is 0 Å². The van der Waals surface area contributed by atoms with Gasteiger partial charge in [-0.05, 0) is 49.6 Å². The van der Waals surface area contributed by atoms with Crippen molar-refractivity contribution in [3.05, 3.63) is 54.3 Å². The van der Waals surface area contributed by atoms with Gasteiger partial charge in [-0.15, -0.1) is 0 Å². The van der Waals surface area contributed by atoms with Crippen LogP contribution in [-0.4, -0.2) is 35.4 Å². The van der Waals surface area contributed by atoms with E-state index in [1.807, 2.05) is 47.4 Å². The minimum atomic E-state index is 0.0573. The highest BCUT2D eigenvalue weighted by Gasteiger charge is 2.25. The first-order valence-corrected chi connectivity index (χ1v) is 8.69. The second-order valence-electron chi connectivity index (χ2n) is 6.52. The number of hydrogen-bond acceptors (Lipinski definition) is 4. The summed E-state index contributed by atoms with van der Waals surface area (Å²) in [6.45, 7) is 2.21. The van der Waals surface area contributed by atoms with E-state index >= 15 is 0 Å². The van der Waals surface area contributed by atoms with Gasteiger partial charge in [0.1, 0.15) is 5.69 Å². The highest BCUT2D eigenvalue weighted by Crippen LogP contribution is 2.27. The number of nitrogens with zero attached hydrogens (tertiary/aromatic N) is 2. The zero-order valence-corrected chi connectivity index (χ0v) is 14.0. The fourth-order valence-corrected chi connectivity index (χ4v) is 3.44. The number of likely N-dealkylation sites (tertiary alicyclic amines) is 1. The van der Waals surface area contributed by atoms with Crippen LogP contribution in [0.5, 0.6) is 0 Å². The molecule has 5 heteroatoms. The highest BCUT2D eigenvalue weighted by atomic mass is 16.3. The van der Waals surface area contributed by atoms with Gasteiger partial charge in [0.2, 0.25) is 0 Å². The van der Waals surface area contributed by atoms with E-state index in [4.69, 9.17) is 10.2 Å². The zero-order valence-electron chi connectivity index (χ0n) is 14.0. The summed E-state index contributed by atoms with van der Waals surface area (Å²) >= 11 is 0. The predicted molar refractivity (Wildman–Crippen MR) is 97.1 cm³/mol. The summed E-state index contributed by atoms with van der Waals surface area (Å²) in [5.74, 6) is 1.25. The average Bonchev–Trinajstić information content (AvgIpc) is 3.21. The van der Waals surface area contributed by atoms with Gasteiger partial charge in [-0.1, -0.05) is 18.2 Å². The highest BCUT2D eigenvalue weighted by molar-refractivity contribution is 6.07. The number of carbonyl (C=O) groups is 1. The standard InChI is InChI=1S/C20H21N3O2/c21-13-14-7-9-23(10-8-14)20(24)16-12-18(19-6-3-11-25-19)22-17-5-2-1-4-15(16)17/h1-6,11-12,14H,7-10,13,21H2. The summed E-state index contributed by atoms with van der Waals surface area (Å²) < 4.78 is 5.48. The van der Waals surface area contributed by atoms with Crippen molar-refractivity contribution in [2.24, 2.45) is 11.7 Å². The molecule has 4 rings (SSSR count). The van der Waals surface area contributed by atoms with E-state index in [0.29, 0.717) is 29.5 Å². The van der Waals surface area contributed by atoms with Crippen molar-refractivity contribution >= 4 is 16.8 Å². The molecular formula is C20H21N3O2. The van der Waals surface area contributed by atoms with Crippen LogP contribution < -0.4 is 5.73 Å². The number of hydrogen-bond donors (Lipinski definition) is 1. The molecule has 128 valence electrons. The number of fused-ring (bicyclic) bond motifs is 1. The molecule has 3 heterocycles. The first-order chi connectivity index (χ1) is 12.3. The fourth-order valence-electron chi connectivity index (χ4n) is 3.44. The maximum absolute atomic E-state index is 13.2. The molecule has 0 radical (unpaired) electrons.